The molecule has 1 aromatic carbocycles. The molecule has 0 fully saturated rings. The summed E-state index contributed by atoms with van der Waals surface area (Å²) in [4.78, 5) is 22.1. The molecule has 0 aliphatic heterocycles. The lowest BCUT2D eigenvalue weighted by Crippen LogP contribution is -2.21. The Kier molecular flexibility index (Phi) is 5.38. The normalized spacial score (nSPS) is 10.8. The minimum absolute atomic E-state index is 0.132. The first-order valence-electron chi connectivity index (χ1n) is 8.16. The standard InChI is InChI=1S/C19H12Cl2N4O2S/c20-13-7-12(8-14(21)9-13)15-1-2-16(28-15)19(26)23-10-17-24-18(25-27-17)11-3-5-22-6-4-11/h1-9H,10H2,(H,23,26). The van der Waals surface area contributed by atoms with Gasteiger partial charge in [-0.25, -0.2) is 0 Å². The number of rotatable bonds is 5. The molecule has 0 atom stereocenters. The van der Waals surface area contributed by atoms with Crippen LogP contribution in [0.3, 0.4) is 0 Å². The average Bonchev–Trinajstić information content (AvgIpc) is 3.36. The van der Waals surface area contributed by atoms with Crippen LogP contribution >= 0.6 is 34.5 Å². The lowest BCUT2D eigenvalue weighted by atomic mass is 10.2. The number of amides is 1. The Labute approximate surface area is 174 Å². The molecule has 0 saturated heterocycles. The summed E-state index contributed by atoms with van der Waals surface area (Å²) in [6, 6.07) is 12.4. The molecule has 4 aromatic rings. The van der Waals surface area contributed by atoms with E-state index in [-0.39, 0.29) is 12.5 Å². The molecule has 0 aliphatic rings. The molecule has 4 rings (SSSR count). The molecular weight excluding hydrogens is 419 g/mol. The first kappa shape index (κ1) is 18.6. The molecule has 3 heterocycles. The van der Waals surface area contributed by atoms with Crippen molar-refractivity contribution < 1.29 is 9.32 Å². The number of nitrogens with one attached hydrogen (secondary N) is 1. The summed E-state index contributed by atoms with van der Waals surface area (Å²) in [5, 5.41) is 7.78. The van der Waals surface area contributed by atoms with Crippen LogP contribution in [0, 0.1) is 0 Å². The van der Waals surface area contributed by atoms with Crippen LogP contribution in [0.4, 0.5) is 0 Å². The maximum atomic E-state index is 12.4. The largest absolute Gasteiger partial charge is 0.342 e. The summed E-state index contributed by atoms with van der Waals surface area (Å²) in [5.41, 5.74) is 1.65. The van der Waals surface area contributed by atoms with Crippen molar-refractivity contribution in [2.24, 2.45) is 0 Å². The highest BCUT2D eigenvalue weighted by molar-refractivity contribution is 7.17. The molecule has 0 radical (unpaired) electrons. The van der Waals surface area contributed by atoms with Gasteiger partial charge in [0.25, 0.3) is 5.91 Å². The monoisotopic (exact) mass is 430 g/mol. The van der Waals surface area contributed by atoms with Gasteiger partial charge < -0.3 is 9.84 Å². The Balaban J connectivity index is 1.42. The summed E-state index contributed by atoms with van der Waals surface area (Å²) in [6.45, 7) is 0.132. The Morgan fingerprint density at radius 2 is 1.79 bits per heavy atom. The lowest BCUT2D eigenvalue weighted by Gasteiger charge is -2.01. The minimum Gasteiger partial charge on any atom is -0.342 e. The smallest absolute Gasteiger partial charge is 0.261 e. The molecule has 0 bridgehead atoms. The molecule has 1 N–H and O–H groups in total. The summed E-state index contributed by atoms with van der Waals surface area (Å²) >= 11 is 13.4. The van der Waals surface area contributed by atoms with E-state index in [1.165, 1.54) is 11.3 Å². The van der Waals surface area contributed by atoms with Crippen LogP contribution in [0.15, 0.2) is 59.4 Å². The van der Waals surface area contributed by atoms with Crippen molar-refractivity contribution in [3.8, 4) is 21.8 Å². The number of benzene rings is 1. The summed E-state index contributed by atoms with van der Waals surface area (Å²) < 4.78 is 5.18. The van der Waals surface area contributed by atoms with E-state index >= 15 is 0 Å². The number of halogens is 2. The number of aromatic nitrogens is 3. The number of thiophene rings is 1. The fourth-order valence-electron chi connectivity index (χ4n) is 2.50. The zero-order valence-corrected chi connectivity index (χ0v) is 16.6. The van der Waals surface area contributed by atoms with E-state index in [1.807, 2.05) is 6.07 Å². The Morgan fingerprint density at radius 3 is 2.54 bits per heavy atom. The predicted molar refractivity (Wildman–Crippen MR) is 108 cm³/mol. The fraction of sp³-hybridized carbons (Fsp3) is 0.0526. The SMILES string of the molecule is O=C(NCc1nc(-c2ccncc2)no1)c1ccc(-c2cc(Cl)cc(Cl)c2)s1. The molecule has 9 heteroatoms. The second-order valence-corrected chi connectivity index (χ2v) is 7.71. The highest BCUT2D eigenvalue weighted by atomic mass is 35.5. The van der Waals surface area contributed by atoms with E-state index in [4.69, 9.17) is 27.7 Å². The van der Waals surface area contributed by atoms with E-state index in [0.717, 1.165) is 16.0 Å². The summed E-state index contributed by atoms with van der Waals surface area (Å²) in [7, 11) is 0. The molecule has 0 saturated carbocycles. The Bertz CT molecular complexity index is 1110. The van der Waals surface area contributed by atoms with Gasteiger partial charge in [-0.15, -0.1) is 11.3 Å². The molecule has 0 aliphatic carbocycles. The first-order valence-corrected chi connectivity index (χ1v) is 9.73. The van der Waals surface area contributed by atoms with Crippen molar-refractivity contribution in [2.75, 3.05) is 0 Å². The second-order valence-electron chi connectivity index (χ2n) is 5.75. The molecule has 140 valence electrons. The van der Waals surface area contributed by atoms with Gasteiger partial charge in [0.05, 0.1) is 11.4 Å². The fourth-order valence-corrected chi connectivity index (χ4v) is 3.93. The van der Waals surface area contributed by atoms with Crippen LogP contribution in [0.2, 0.25) is 10.0 Å². The van der Waals surface area contributed by atoms with Crippen molar-refractivity contribution in [1.29, 1.82) is 0 Å². The van der Waals surface area contributed by atoms with Gasteiger partial charge >= 0.3 is 0 Å². The molecular formula is C19H12Cl2N4O2S. The maximum absolute atomic E-state index is 12.4. The second kappa shape index (κ2) is 8.10. The molecule has 1 amide bonds. The highest BCUT2D eigenvalue weighted by Gasteiger charge is 2.13. The van der Waals surface area contributed by atoms with Gasteiger partial charge in [0, 0.05) is 32.9 Å². The zero-order valence-electron chi connectivity index (χ0n) is 14.2. The topological polar surface area (TPSA) is 80.9 Å². The van der Waals surface area contributed by atoms with Crippen molar-refractivity contribution in [2.45, 2.75) is 6.54 Å². The summed E-state index contributed by atoms with van der Waals surface area (Å²) in [6.07, 6.45) is 3.29. The van der Waals surface area contributed by atoms with Gasteiger partial charge in [0.1, 0.15) is 0 Å². The van der Waals surface area contributed by atoms with Gasteiger partial charge in [0.2, 0.25) is 11.7 Å². The Hall–Kier alpha value is -2.74. The minimum atomic E-state index is -0.229. The van der Waals surface area contributed by atoms with Crippen molar-refractivity contribution in [3.63, 3.8) is 0 Å². The third kappa shape index (κ3) is 4.22. The van der Waals surface area contributed by atoms with Gasteiger partial charge in [-0.1, -0.05) is 28.4 Å². The highest BCUT2D eigenvalue weighted by Crippen LogP contribution is 2.32. The van der Waals surface area contributed by atoms with Gasteiger partial charge in [-0.3, -0.25) is 9.78 Å². The van der Waals surface area contributed by atoms with E-state index in [2.05, 4.69) is 20.4 Å². The number of pyridine rings is 1. The number of nitrogens with zero attached hydrogens (tertiary/aromatic N) is 3. The van der Waals surface area contributed by atoms with E-state index < -0.39 is 0 Å². The van der Waals surface area contributed by atoms with Gasteiger partial charge in [-0.05, 0) is 48.0 Å². The first-order chi connectivity index (χ1) is 13.6. The zero-order chi connectivity index (χ0) is 19.5. The number of carbonyl (C=O) groups excluding carboxylic acids is 1. The van der Waals surface area contributed by atoms with E-state index in [1.54, 1.807) is 48.8 Å². The van der Waals surface area contributed by atoms with Gasteiger partial charge in [0.15, 0.2) is 0 Å². The van der Waals surface area contributed by atoms with Crippen LogP contribution in [0.25, 0.3) is 21.8 Å². The average molecular weight is 431 g/mol. The third-order valence-electron chi connectivity index (χ3n) is 3.78. The molecule has 6 nitrogen and oxygen atoms in total. The molecule has 28 heavy (non-hydrogen) atoms. The van der Waals surface area contributed by atoms with Crippen LogP contribution in [-0.4, -0.2) is 21.0 Å². The number of hydrogen-bond acceptors (Lipinski definition) is 6. The number of carbonyl (C=O) groups is 1. The molecule has 3 aromatic heterocycles. The van der Waals surface area contributed by atoms with Crippen molar-refractivity contribution >= 4 is 40.4 Å². The molecule has 0 unspecified atom stereocenters. The Morgan fingerprint density at radius 1 is 1.04 bits per heavy atom. The van der Waals surface area contributed by atoms with Crippen molar-refractivity contribution in [1.82, 2.24) is 20.4 Å². The lowest BCUT2D eigenvalue weighted by molar-refractivity contribution is 0.0950. The van der Waals surface area contributed by atoms with Crippen LogP contribution in [0.5, 0.6) is 0 Å². The van der Waals surface area contributed by atoms with Crippen LogP contribution < -0.4 is 5.32 Å². The maximum Gasteiger partial charge on any atom is 0.261 e. The quantitative estimate of drug-likeness (QED) is 0.476. The van der Waals surface area contributed by atoms with E-state index in [9.17, 15) is 4.79 Å². The summed E-state index contributed by atoms with van der Waals surface area (Å²) in [5.74, 6) is 0.537. The van der Waals surface area contributed by atoms with Gasteiger partial charge in [-0.2, -0.15) is 4.98 Å². The predicted octanol–water partition coefficient (Wildman–Crippen LogP) is 5.10. The van der Waals surface area contributed by atoms with Crippen LogP contribution in [-0.2, 0) is 6.54 Å². The van der Waals surface area contributed by atoms with Crippen LogP contribution in [0.1, 0.15) is 15.6 Å². The third-order valence-corrected chi connectivity index (χ3v) is 5.35. The molecule has 0 spiro atoms. The van der Waals surface area contributed by atoms with E-state index in [0.29, 0.717) is 26.6 Å². The number of hydrogen-bond donors (Lipinski definition) is 1. The van der Waals surface area contributed by atoms with Crippen molar-refractivity contribution in [3.05, 3.63) is 75.7 Å².